The van der Waals surface area contributed by atoms with Crippen molar-refractivity contribution in [3.8, 4) is 11.8 Å². The number of nitrogens with zero attached hydrogens (tertiary/aromatic N) is 1. The summed E-state index contributed by atoms with van der Waals surface area (Å²) in [6.45, 7) is 7.29. The molecule has 0 aliphatic heterocycles. The minimum absolute atomic E-state index is 0.0651. The second kappa shape index (κ2) is 11.5. The van der Waals surface area contributed by atoms with Crippen molar-refractivity contribution in [1.82, 2.24) is 5.32 Å². The van der Waals surface area contributed by atoms with Crippen LogP contribution < -0.4 is 15.4 Å². The van der Waals surface area contributed by atoms with Crippen LogP contribution in [0.25, 0.3) is 0 Å². The van der Waals surface area contributed by atoms with Crippen molar-refractivity contribution in [2.24, 2.45) is 0 Å². The van der Waals surface area contributed by atoms with Gasteiger partial charge in [0.05, 0.1) is 17.1 Å². The molecule has 6 nitrogen and oxygen atoms in total. The van der Waals surface area contributed by atoms with Gasteiger partial charge in [0.2, 0.25) is 11.8 Å². The van der Waals surface area contributed by atoms with E-state index in [9.17, 15) is 9.59 Å². The van der Waals surface area contributed by atoms with Gasteiger partial charge in [-0.05, 0) is 63.2 Å². The molecule has 2 aromatic carbocycles. The van der Waals surface area contributed by atoms with Crippen molar-refractivity contribution in [2.45, 2.75) is 52.0 Å². The third kappa shape index (κ3) is 8.42. The van der Waals surface area contributed by atoms with Gasteiger partial charge >= 0.3 is 0 Å². The van der Waals surface area contributed by atoms with Gasteiger partial charge in [-0.25, -0.2) is 0 Å². The maximum atomic E-state index is 12.1. The second-order valence-corrected chi connectivity index (χ2v) is 9.06. The van der Waals surface area contributed by atoms with Gasteiger partial charge in [-0.1, -0.05) is 39.0 Å². The number of ether oxygens (including phenoxy) is 1. The van der Waals surface area contributed by atoms with Crippen molar-refractivity contribution >= 4 is 33.4 Å². The largest absolute Gasteiger partial charge is 0.492 e. The fourth-order valence-electron chi connectivity index (χ4n) is 2.82. The maximum absolute atomic E-state index is 12.1. The van der Waals surface area contributed by atoms with E-state index >= 15 is 0 Å². The molecule has 2 amide bonds. The number of carbonyl (C=O) groups is 2. The summed E-state index contributed by atoms with van der Waals surface area (Å²) < 4.78 is 6.71. The Balaban J connectivity index is 1.73. The number of nitriles is 1. The fraction of sp³-hybridized carbons (Fsp3) is 0.375. The SMILES string of the molecule is CC(C)(C)c1ccc(OCCCC(=O)NCc2cccc(NC(=O)CC#N)c2)c(Br)c1. The molecule has 0 aliphatic rings. The maximum Gasteiger partial charge on any atom is 0.238 e. The van der Waals surface area contributed by atoms with Crippen molar-refractivity contribution in [3.63, 3.8) is 0 Å². The molecule has 0 heterocycles. The van der Waals surface area contributed by atoms with Crippen LogP contribution in [-0.2, 0) is 21.5 Å². The molecule has 0 fully saturated rings. The molecule has 0 saturated carbocycles. The molecule has 0 spiro atoms. The molecule has 2 N–H and O–H groups in total. The third-order valence-electron chi connectivity index (χ3n) is 4.54. The summed E-state index contributed by atoms with van der Waals surface area (Å²) in [7, 11) is 0. The Morgan fingerprint density at radius 3 is 2.58 bits per heavy atom. The van der Waals surface area contributed by atoms with Crippen LogP contribution in [0.15, 0.2) is 46.9 Å². The van der Waals surface area contributed by atoms with Crippen molar-refractivity contribution in [3.05, 3.63) is 58.1 Å². The lowest BCUT2D eigenvalue weighted by Crippen LogP contribution is -2.23. The molecule has 2 rings (SSSR count). The summed E-state index contributed by atoms with van der Waals surface area (Å²) in [6.07, 6.45) is 0.764. The molecule has 0 radical (unpaired) electrons. The molecular formula is C24H28BrN3O3. The Kier molecular flexibility index (Phi) is 9.07. The Bertz CT molecular complexity index is 961. The number of halogens is 1. The summed E-state index contributed by atoms with van der Waals surface area (Å²) in [5, 5.41) is 14.1. The van der Waals surface area contributed by atoms with E-state index in [0.29, 0.717) is 31.7 Å². The Morgan fingerprint density at radius 1 is 1.13 bits per heavy atom. The summed E-state index contributed by atoms with van der Waals surface area (Å²) in [4.78, 5) is 23.6. The summed E-state index contributed by atoms with van der Waals surface area (Å²) >= 11 is 3.55. The number of amides is 2. The Hall–Kier alpha value is -2.85. The average molecular weight is 486 g/mol. The number of rotatable bonds is 9. The molecule has 164 valence electrons. The number of anilines is 1. The molecule has 0 bridgehead atoms. The van der Waals surface area contributed by atoms with Gasteiger partial charge in [0.1, 0.15) is 12.2 Å². The lowest BCUT2D eigenvalue weighted by molar-refractivity contribution is -0.121. The van der Waals surface area contributed by atoms with Gasteiger partial charge in [-0.2, -0.15) is 5.26 Å². The van der Waals surface area contributed by atoms with E-state index in [1.165, 1.54) is 5.56 Å². The van der Waals surface area contributed by atoms with Crippen LogP contribution in [0.2, 0.25) is 0 Å². The highest BCUT2D eigenvalue weighted by Crippen LogP contribution is 2.31. The first kappa shape index (κ1) is 24.4. The highest BCUT2D eigenvalue weighted by molar-refractivity contribution is 9.10. The molecule has 31 heavy (non-hydrogen) atoms. The predicted octanol–water partition coefficient (Wildman–Crippen LogP) is 5.07. The van der Waals surface area contributed by atoms with Crippen LogP contribution in [0, 0.1) is 11.3 Å². The van der Waals surface area contributed by atoms with E-state index in [1.54, 1.807) is 24.3 Å². The normalized spacial score (nSPS) is 10.8. The summed E-state index contributed by atoms with van der Waals surface area (Å²) in [5.74, 6) is 0.344. The molecule has 0 aliphatic carbocycles. The number of nitrogens with one attached hydrogen (secondary N) is 2. The van der Waals surface area contributed by atoms with Crippen LogP contribution >= 0.6 is 15.9 Å². The minimum atomic E-state index is -0.358. The van der Waals surface area contributed by atoms with E-state index in [-0.39, 0.29) is 23.7 Å². The first-order chi connectivity index (χ1) is 14.7. The third-order valence-corrected chi connectivity index (χ3v) is 5.16. The molecule has 0 atom stereocenters. The molecule has 7 heteroatoms. The number of carbonyl (C=O) groups excluding carboxylic acids is 2. The smallest absolute Gasteiger partial charge is 0.238 e. The van der Waals surface area contributed by atoms with Crippen molar-refractivity contribution < 1.29 is 14.3 Å². The van der Waals surface area contributed by atoms with Gasteiger partial charge in [-0.3, -0.25) is 9.59 Å². The minimum Gasteiger partial charge on any atom is -0.492 e. The van der Waals surface area contributed by atoms with Gasteiger partial charge in [0, 0.05) is 18.7 Å². The van der Waals surface area contributed by atoms with Crippen molar-refractivity contribution in [2.75, 3.05) is 11.9 Å². The zero-order valence-corrected chi connectivity index (χ0v) is 19.7. The van der Waals surface area contributed by atoms with Crippen LogP contribution in [0.3, 0.4) is 0 Å². The standard InChI is InChI=1S/C24H28BrN3O3/c1-24(2,3)18-9-10-21(20(25)15-18)31-13-5-8-22(29)27-16-17-6-4-7-19(14-17)28-23(30)11-12-26/h4,6-7,9-10,14-15H,5,8,11,13,16H2,1-3H3,(H,27,29)(H,28,30). The average Bonchev–Trinajstić information content (AvgIpc) is 2.70. The van der Waals surface area contributed by atoms with E-state index < -0.39 is 0 Å². The van der Waals surface area contributed by atoms with Crippen LogP contribution in [0.5, 0.6) is 5.75 Å². The quantitative estimate of drug-likeness (QED) is 0.484. The Morgan fingerprint density at radius 2 is 1.90 bits per heavy atom. The molecular weight excluding hydrogens is 458 g/mol. The highest BCUT2D eigenvalue weighted by Gasteiger charge is 2.15. The van der Waals surface area contributed by atoms with Gasteiger partial charge in [0.15, 0.2) is 0 Å². The van der Waals surface area contributed by atoms with E-state index in [2.05, 4.69) is 59.5 Å². The van der Waals surface area contributed by atoms with Gasteiger partial charge in [0.25, 0.3) is 0 Å². The highest BCUT2D eigenvalue weighted by atomic mass is 79.9. The van der Waals surface area contributed by atoms with Crippen LogP contribution in [-0.4, -0.2) is 18.4 Å². The second-order valence-electron chi connectivity index (χ2n) is 8.21. The van der Waals surface area contributed by atoms with E-state index in [0.717, 1.165) is 15.8 Å². The molecule has 2 aromatic rings. The number of hydrogen-bond donors (Lipinski definition) is 2. The van der Waals surface area contributed by atoms with Crippen LogP contribution in [0.4, 0.5) is 5.69 Å². The zero-order chi connectivity index (χ0) is 22.9. The van der Waals surface area contributed by atoms with Gasteiger partial charge < -0.3 is 15.4 Å². The predicted molar refractivity (Wildman–Crippen MR) is 125 cm³/mol. The van der Waals surface area contributed by atoms with Crippen molar-refractivity contribution in [1.29, 1.82) is 5.26 Å². The summed E-state index contributed by atoms with van der Waals surface area (Å²) in [6, 6.07) is 15.1. The lowest BCUT2D eigenvalue weighted by atomic mass is 9.87. The topological polar surface area (TPSA) is 91.2 Å². The monoisotopic (exact) mass is 485 g/mol. The van der Waals surface area contributed by atoms with E-state index in [1.807, 2.05) is 12.1 Å². The molecule has 0 aromatic heterocycles. The molecule has 0 unspecified atom stereocenters. The van der Waals surface area contributed by atoms with E-state index in [4.69, 9.17) is 10.00 Å². The first-order valence-electron chi connectivity index (χ1n) is 10.1. The summed E-state index contributed by atoms with van der Waals surface area (Å²) in [5.41, 5.74) is 2.76. The fourth-order valence-corrected chi connectivity index (χ4v) is 3.32. The number of hydrogen-bond acceptors (Lipinski definition) is 4. The lowest BCUT2D eigenvalue weighted by Gasteiger charge is -2.20. The van der Waals surface area contributed by atoms with Crippen LogP contribution in [0.1, 0.15) is 51.2 Å². The first-order valence-corrected chi connectivity index (χ1v) is 10.9. The van der Waals surface area contributed by atoms with Gasteiger partial charge in [-0.15, -0.1) is 0 Å². The number of benzene rings is 2. The molecule has 0 saturated heterocycles. The Labute approximate surface area is 192 Å². The zero-order valence-electron chi connectivity index (χ0n) is 18.1.